The Labute approximate surface area is 112 Å². The highest BCUT2D eigenvalue weighted by Gasteiger charge is 2.01. The second-order valence-corrected chi connectivity index (χ2v) is 5.99. The van der Waals surface area contributed by atoms with Gasteiger partial charge < -0.3 is 0 Å². The van der Waals surface area contributed by atoms with E-state index in [-0.39, 0.29) is 0 Å². The molecular weight excluding hydrogens is 270 g/mol. The lowest BCUT2D eigenvalue weighted by molar-refractivity contribution is 1.47. The first-order valence-electron chi connectivity index (χ1n) is 5.09. The number of thiophene rings is 1. The summed E-state index contributed by atoms with van der Waals surface area (Å²) in [5, 5.41) is 3.81. The number of aromatic nitrogens is 1. The molecule has 2 aromatic heterocycles. The third kappa shape index (κ3) is 2.41. The third-order valence-corrected chi connectivity index (χ3v) is 4.37. The zero-order valence-corrected chi connectivity index (χ0v) is 11.1. The zero-order chi connectivity index (χ0) is 11.7. The number of thiazole rings is 1. The standard InChI is InChI=1S/C13H8ClNS2/c14-9-3-5-12-11(8-9)15-13(17-12)6-4-10-2-1-7-16-10/h1-8H. The average molecular weight is 278 g/mol. The Morgan fingerprint density at radius 2 is 2.12 bits per heavy atom. The second-order valence-electron chi connectivity index (χ2n) is 3.51. The summed E-state index contributed by atoms with van der Waals surface area (Å²) in [5.74, 6) is 0. The first-order valence-corrected chi connectivity index (χ1v) is 7.16. The van der Waals surface area contributed by atoms with Crippen molar-refractivity contribution in [3.8, 4) is 0 Å². The summed E-state index contributed by atoms with van der Waals surface area (Å²) in [6.45, 7) is 0. The topological polar surface area (TPSA) is 12.9 Å². The summed E-state index contributed by atoms with van der Waals surface area (Å²) < 4.78 is 1.17. The van der Waals surface area contributed by atoms with Gasteiger partial charge in [-0.1, -0.05) is 17.7 Å². The smallest absolute Gasteiger partial charge is 0.117 e. The van der Waals surface area contributed by atoms with Crippen molar-refractivity contribution in [3.05, 3.63) is 50.6 Å². The monoisotopic (exact) mass is 277 g/mol. The fourth-order valence-electron chi connectivity index (χ4n) is 1.53. The molecule has 2 heterocycles. The van der Waals surface area contributed by atoms with Gasteiger partial charge in [0.05, 0.1) is 10.2 Å². The van der Waals surface area contributed by atoms with Gasteiger partial charge in [-0.25, -0.2) is 4.98 Å². The largest absolute Gasteiger partial charge is 0.237 e. The summed E-state index contributed by atoms with van der Waals surface area (Å²) in [4.78, 5) is 5.76. The zero-order valence-electron chi connectivity index (χ0n) is 8.76. The van der Waals surface area contributed by atoms with E-state index >= 15 is 0 Å². The number of hydrogen-bond acceptors (Lipinski definition) is 3. The van der Waals surface area contributed by atoms with Crippen LogP contribution in [0.5, 0.6) is 0 Å². The molecule has 0 saturated heterocycles. The maximum Gasteiger partial charge on any atom is 0.117 e. The van der Waals surface area contributed by atoms with Crippen LogP contribution in [-0.2, 0) is 0 Å². The molecule has 0 unspecified atom stereocenters. The van der Waals surface area contributed by atoms with Crippen molar-refractivity contribution in [3.63, 3.8) is 0 Å². The third-order valence-electron chi connectivity index (χ3n) is 2.30. The Morgan fingerprint density at radius 1 is 1.18 bits per heavy atom. The number of fused-ring (bicyclic) bond motifs is 1. The van der Waals surface area contributed by atoms with Crippen molar-refractivity contribution in [1.82, 2.24) is 4.98 Å². The van der Waals surface area contributed by atoms with Crippen LogP contribution in [0.2, 0.25) is 5.02 Å². The lowest BCUT2D eigenvalue weighted by Crippen LogP contribution is -1.69. The minimum atomic E-state index is 0.733. The molecule has 0 atom stereocenters. The molecule has 1 nitrogen and oxygen atoms in total. The molecule has 3 aromatic rings. The first-order chi connectivity index (χ1) is 8.31. The summed E-state index contributed by atoms with van der Waals surface area (Å²) in [6, 6.07) is 9.94. The van der Waals surface area contributed by atoms with E-state index in [1.54, 1.807) is 22.7 Å². The molecule has 0 radical (unpaired) electrons. The number of rotatable bonds is 2. The van der Waals surface area contributed by atoms with Crippen molar-refractivity contribution >= 4 is 56.6 Å². The van der Waals surface area contributed by atoms with Crippen LogP contribution in [-0.4, -0.2) is 4.98 Å². The summed E-state index contributed by atoms with van der Waals surface area (Å²) >= 11 is 9.33. The molecule has 4 heteroatoms. The fraction of sp³-hybridized carbons (Fsp3) is 0. The minimum absolute atomic E-state index is 0.733. The molecule has 3 rings (SSSR count). The van der Waals surface area contributed by atoms with Gasteiger partial charge in [-0.3, -0.25) is 0 Å². The van der Waals surface area contributed by atoms with Gasteiger partial charge in [0, 0.05) is 9.90 Å². The van der Waals surface area contributed by atoms with E-state index in [4.69, 9.17) is 11.6 Å². The summed E-state index contributed by atoms with van der Waals surface area (Å²) in [7, 11) is 0. The van der Waals surface area contributed by atoms with Crippen LogP contribution in [0.3, 0.4) is 0 Å². The van der Waals surface area contributed by atoms with Crippen LogP contribution in [0.4, 0.5) is 0 Å². The average Bonchev–Trinajstić information content (AvgIpc) is 2.94. The maximum absolute atomic E-state index is 5.93. The highest BCUT2D eigenvalue weighted by atomic mass is 35.5. The molecule has 0 amide bonds. The maximum atomic E-state index is 5.93. The van der Waals surface area contributed by atoms with Gasteiger partial charge in [-0.2, -0.15) is 0 Å². The van der Waals surface area contributed by atoms with Crippen molar-refractivity contribution in [2.45, 2.75) is 0 Å². The molecular formula is C13H8ClNS2. The lowest BCUT2D eigenvalue weighted by Gasteiger charge is -1.86. The van der Waals surface area contributed by atoms with Crippen LogP contribution in [0.15, 0.2) is 35.7 Å². The van der Waals surface area contributed by atoms with Gasteiger partial charge >= 0.3 is 0 Å². The first kappa shape index (κ1) is 11.0. The summed E-state index contributed by atoms with van der Waals surface area (Å²) in [6.07, 6.45) is 4.13. The SMILES string of the molecule is Clc1ccc2sc(C=Cc3cccs3)nc2c1. The van der Waals surface area contributed by atoms with Gasteiger partial charge in [-0.05, 0) is 41.8 Å². The quantitative estimate of drug-likeness (QED) is 0.629. The van der Waals surface area contributed by atoms with Crippen LogP contribution in [0.1, 0.15) is 9.88 Å². The van der Waals surface area contributed by atoms with E-state index < -0.39 is 0 Å². The Kier molecular flexibility index (Phi) is 2.97. The van der Waals surface area contributed by atoms with Gasteiger partial charge in [0.2, 0.25) is 0 Å². The van der Waals surface area contributed by atoms with Crippen LogP contribution in [0, 0.1) is 0 Å². The van der Waals surface area contributed by atoms with Crippen LogP contribution < -0.4 is 0 Å². The summed E-state index contributed by atoms with van der Waals surface area (Å²) in [5.41, 5.74) is 0.966. The van der Waals surface area contributed by atoms with Crippen molar-refractivity contribution in [2.24, 2.45) is 0 Å². The molecule has 0 N–H and O–H groups in total. The molecule has 1 aromatic carbocycles. The number of halogens is 1. The Balaban J connectivity index is 1.96. The molecule has 0 aliphatic carbocycles. The predicted octanol–water partition coefficient (Wildman–Crippen LogP) is 5.18. The minimum Gasteiger partial charge on any atom is -0.237 e. The van der Waals surface area contributed by atoms with Gasteiger partial charge in [0.1, 0.15) is 5.01 Å². The molecule has 17 heavy (non-hydrogen) atoms. The molecule has 0 spiro atoms. The van der Waals surface area contributed by atoms with Crippen LogP contribution >= 0.6 is 34.3 Å². The lowest BCUT2D eigenvalue weighted by atomic mass is 10.3. The highest BCUT2D eigenvalue weighted by molar-refractivity contribution is 7.19. The molecule has 0 aliphatic heterocycles. The Morgan fingerprint density at radius 3 is 2.94 bits per heavy atom. The van der Waals surface area contributed by atoms with E-state index in [0.717, 1.165) is 15.5 Å². The highest BCUT2D eigenvalue weighted by Crippen LogP contribution is 2.26. The number of benzene rings is 1. The number of hydrogen-bond donors (Lipinski definition) is 0. The van der Waals surface area contributed by atoms with E-state index in [9.17, 15) is 0 Å². The molecule has 0 aliphatic rings. The van der Waals surface area contributed by atoms with Crippen LogP contribution in [0.25, 0.3) is 22.4 Å². The van der Waals surface area contributed by atoms with E-state index in [0.29, 0.717) is 0 Å². The van der Waals surface area contributed by atoms with Gasteiger partial charge in [-0.15, -0.1) is 22.7 Å². The van der Waals surface area contributed by atoms with Gasteiger partial charge in [0.15, 0.2) is 0 Å². The molecule has 84 valence electrons. The van der Waals surface area contributed by atoms with Crippen molar-refractivity contribution in [2.75, 3.05) is 0 Å². The van der Waals surface area contributed by atoms with Crippen molar-refractivity contribution < 1.29 is 0 Å². The van der Waals surface area contributed by atoms with E-state index in [2.05, 4.69) is 22.5 Å². The molecule has 0 fully saturated rings. The van der Waals surface area contributed by atoms with Gasteiger partial charge in [0.25, 0.3) is 0 Å². The van der Waals surface area contributed by atoms with E-state index in [1.165, 1.54) is 9.58 Å². The van der Waals surface area contributed by atoms with Crippen molar-refractivity contribution in [1.29, 1.82) is 0 Å². The fourth-order valence-corrected chi connectivity index (χ4v) is 3.16. The van der Waals surface area contributed by atoms with E-state index in [1.807, 2.05) is 30.3 Å². The second kappa shape index (κ2) is 4.61. The molecule has 0 saturated carbocycles. The normalized spacial score (nSPS) is 11.6. The molecule has 0 bridgehead atoms. The Bertz CT molecular complexity index is 668. The predicted molar refractivity (Wildman–Crippen MR) is 77.9 cm³/mol. The number of nitrogens with zero attached hydrogens (tertiary/aromatic N) is 1. The Hall–Kier alpha value is -1.16.